The number of ether oxygens (including phenoxy) is 3. The van der Waals surface area contributed by atoms with Crippen molar-refractivity contribution in [2.45, 2.75) is 49.3 Å². The fraction of sp³-hybridized carbons (Fsp3) is 0.333. The topological polar surface area (TPSA) is 223 Å². The fourth-order valence-corrected chi connectivity index (χ4v) is 5.33. The van der Waals surface area contributed by atoms with Gasteiger partial charge in [-0.1, -0.05) is 42.5 Å². The highest BCUT2D eigenvalue weighted by Gasteiger charge is 2.52. The van der Waals surface area contributed by atoms with Gasteiger partial charge in [0.15, 0.2) is 23.3 Å². The van der Waals surface area contributed by atoms with Crippen LogP contribution in [0.2, 0.25) is 5.28 Å². The van der Waals surface area contributed by atoms with Crippen molar-refractivity contribution < 1.29 is 34.3 Å². The number of aliphatic hydroxyl groups excluding tert-OH is 2. The molecule has 1 unspecified atom stereocenters. The molecule has 2 fully saturated rings. The van der Waals surface area contributed by atoms with Gasteiger partial charge in [0.1, 0.15) is 42.4 Å². The maximum atomic E-state index is 12.9. The number of nitrogens with zero attached hydrogens (tertiary/aromatic N) is 4. The molecule has 4 aromatic rings. The number of aliphatic carboxylic acids is 1. The predicted molar refractivity (Wildman–Crippen MR) is 154 cm³/mol. The number of hydrogen-bond acceptors (Lipinski definition) is 14. The van der Waals surface area contributed by atoms with Crippen LogP contribution in [0.3, 0.4) is 0 Å². The van der Waals surface area contributed by atoms with Crippen molar-refractivity contribution in [3.05, 3.63) is 77.3 Å². The molecule has 5 atom stereocenters. The number of anilines is 1. The maximum Gasteiger partial charge on any atom is 0.339 e. The van der Waals surface area contributed by atoms with Crippen LogP contribution in [0.25, 0.3) is 11.2 Å². The highest BCUT2D eigenvalue weighted by Crippen LogP contribution is 2.34. The van der Waals surface area contributed by atoms with Gasteiger partial charge >= 0.3 is 5.97 Å². The predicted octanol–water partition coefficient (Wildman–Crippen LogP) is -0.214. The molecule has 2 aromatic heterocycles. The van der Waals surface area contributed by atoms with Crippen LogP contribution < -0.4 is 32.4 Å². The van der Waals surface area contributed by atoms with E-state index < -0.39 is 48.9 Å². The number of benzene rings is 2. The summed E-state index contributed by atoms with van der Waals surface area (Å²) in [5.41, 5.74) is 16.9. The SMILES string of the molecule is Nc1nc(Cl)nc2c1ncn2[C@@H]1O[C@H](COC(Cc2ccc(OCc3ccccc3)cc2)(C(=O)O)C2NNNN2)[C@@H](O)[C@H]1O. The van der Waals surface area contributed by atoms with E-state index >= 15 is 0 Å². The lowest BCUT2D eigenvalue weighted by Gasteiger charge is -2.35. The molecule has 2 aliphatic heterocycles. The van der Waals surface area contributed by atoms with Crippen molar-refractivity contribution >= 4 is 34.6 Å². The van der Waals surface area contributed by atoms with E-state index in [0.717, 1.165) is 5.56 Å². The van der Waals surface area contributed by atoms with Gasteiger partial charge in [0.05, 0.1) is 12.9 Å². The number of halogens is 1. The van der Waals surface area contributed by atoms with Crippen LogP contribution in [-0.4, -0.2) is 77.5 Å². The number of hydrazine groups is 3. The Labute approximate surface area is 255 Å². The van der Waals surface area contributed by atoms with Crippen LogP contribution in [0.4, 0.5) is 5.82 Å². The molecule has 4 heterocycles. The van der Waals surface area contributed by atoms with Gasteiger partial charge in [-0.15, -0.1) is 0 Å². The van der Waals surface area contributed by atoms with Crippen molar-refractivity contribution in [2.24, 2.45) is 0 Å². The third-order valence-corrected chi connectivity index (χ3v) is 7.67. The molecule has 0 aliphatic carbocycles. The van der Waals surface area contributed by atoms with Crippen molar-refractivity contribution in [3.8, 4) is 5.75 Å². The number of fused-ring (bicyclic) bond motifs is 1. The van der Waals surface area contributed by atoms with Gasteiger partial charge in [-0.05, 0) is 34.9 Å². The number of aliphatic hydroxyl groups is 2. The Kier molecular flexibility index (Phi) is 8.59. The number of nitrogens with one attached hydrogen (secondary N) is 4. The Bertz CT molecular complexity index is 1610. The van der Waals surface area contributed by atoms with Gasteiger partial charge in [0.25, 0.3) is 0 Å². The molecule has 2 aromatic carbocycles. The minimum Gasteiger partial charge on any atom is -0.489 e. The number of carboxylic acids is 1. The lowest BCUT2D eigenvalue weighted by atomic mass is 9.91. The van der Waals surface area contributed by atoms with Gasteiger partial charge in [0.2, 0.25) is 5.28 Å². The molecule has 0 bridgehead atoms. The number of nitrogen functional groups attached to an aromatic ring is 1. The first-order valence-corrected chi connectivity index (χ1v) is 13.9. The average Bonchev–Trinajstić information content (AvgIpc) is 3.76. The summed E-state index contributed by atoms with van der Waals surface area (Å²) in [4.78, 5) is 25.0. The summed E-state index contributed by atoms with van der Waals surface area (Å²) < 4.78 is 19.3. The average molecular weight is 628 g/mol. The largest absolute Gasteiger partial charge is 0.489 e. The zero-order chi connectivity index (χ0) is 30.8. The molecule has 9 N–H and O–H groups in total. The van der Waals surface area contributed by atoms with E-state index in [-0.39, 0.29) is 28.7 Å². The fourth-order valence-electron chi connectivity index (χ4n) is 5.16. The standard InChI is InChI=1S/C27H30ClN9O7/c28-26-31-21(29)18-22(32-26)37(13-30-18)23-20(39)19(38)17(44-23)12-43-27(25(40)41,24-33-35-36-34-24)10-14-6-8-16(9-7-14)42-11-15-4-2-1-3-5-15/h1-9,13,17,19-20,23-24,33-36,38-39H,10-12H2,(H,40,41)(H2,29,31,32)/t17-,19-,20-,23-,27?/m1/s1. The van der Waals surface area contributed by atoms with E-state index in [0.29, 0.717) is 17.9 Å². The number of imidazole rings is 1. The Morgan fingerprint density at radius 3 is 2.48 bits per heavy atom. The van der Waals surface area contributed by atoms with Crippen molar-refractivity contribution in [3.63, 3.8) is 0 Å². The maximum absolute atomic E-state index is 12.9. The van der Waals surface area contributed by atoms with E-state index in [1.807, 2.05) is 30.3 Å². The number of nitrogens with two attached hydrogens (primary N) is 1. The molecule has 44 heavy (non-hydrogen) atoms. The first kappa shape index (κ1) is 30.1. The lowest BCUT2D eigenvalue weighted by molar-refractivity contribution is -0.180. The van der Waals surface area contributed by atoms with E-state index in [4.69, 9.17) is 31.5 Å². The third kappa shape index (κ3) is 5.90. The van der Waals surface area contributed by atoms with Crippen LogP contribution >= 0.6 is 11.6 Å². The van der Waals surface area contributed by atoms with Crippen LogP contribution in [0.15, 0.2) is 60.9 Å². The molecule has 16 nitrogen and oxygen atoms in total. The number of carboxylic acid groups (broad SMARTS) is 1. The third-order valence-electron chi connectivity index (χ3n) is 7.50. The summed E-state index contributed by atoms with van der Waals surface area (Å²) in [5, 5.41) is 32.1. The number of carbonyl (C=O) groups is 1. The Balaban J connectivity index is 1.19. The Morgan fingerprint density at radius 2 is 1.77 bits per heavy atom. The van der Waals surface area contributed by atoms with Crippen LogP contribution in [0.5, 0.6) is 5.75 Å². The summed E-state index contributed by atoms with van der Waals surface area (Å²) >= 11 is 5.96. The van der Waals surface area contributed by atoms with E-state index in [1.165, 1.54) is 10.9 Å². The molecule has 0 radical (unpaired) electrons. The number of hydrogen-bond donors (Lipinski definition) is 8. The quantitative estimate of drug-likeness (QED) is 0.101. The Morgan fingerprint density at radius 1 is 1.05 bits per heavy atom. The molecule has 2 aliphatic rings. The second-order valence-corrected chi connectivity index (χ2v) is 10.7. The molecule has 232 valence electrons. The first-order chi connectivity index (χ1) is 21.2. The molecular weight excluding hydrogens is 598 g/mol. The summed E-state index contributed by atoms with van der Waals surface area (Å²) in [6.45, 7) is -0.0158. The normalized spacial score (nSPS) is 23.6. The second kappa shape index (κ2) is 12.6. The van der Waals surface area contributed by atoms with Crippen molar-refractivity contribution in [1.29, 1.82) is 0 Å². The minimum absolute atomic E-state index is 0.0347. The summed E-state index contributed by atoms with van der Waals surface area (Å²) in [7, 11) is 0. The second-order valence-electron chi connectivity index (χ2n) is 10.3. The smallest absolute Gasteiger partial charge is 0.339 e. The van der Waals surface area contributed by atoms with E-state index in [1.54, 1.807) is 24.3 Å². The molecule has 2 saturated heterocycles. The Hall–Kier alpha value is -3.97. The molecule has 0 amide bonds. The van der Waals surface area contributed by atoms with Gasteiger partial charge in [-0.25, -0.2) is 20.6 Å². The summed E-state index contributed by atoms with van der Waals surface area (Å²) in [5.74, 6) is -0.639. The van der Waals surface area contributed by atoms with Crippen LogP contribution in [-0.2, 0) is 27.3 Å². The van der Waals surface area contributed by atoms with Crippen molar-refractivity contribution in [2.75, 3.05) is 12.3 Å². The highest BCUT2D eigenvalue weighted by molar-refractivity contribution is 6.28. The summed E-state index contributed by atoms with van der Waals surface area (Å²) in [6.07, 6.45) is -4.89. The molecular formula is C27H30ClN9O7. The lowest BCUT2D eigenvalue weighted by Crippen LogP contribution is -2.63. The monoisotopic (exact) mass is 627 g/mol. The van der Waals surface area contributed by atoms with Crippen molar-refractivity contribution in [1.82, 2.24) is 41.4 Å². The molecule has 6 rings (SSSR count). The highest BCUT2D eigenvalue weighted by atomic mass is 35.5. The van der Waals surface area contributed by atoms with Gasteiger partial charge in [-0.2, -0.15) is 21.0 Å². The molecule has 0 saturated carbocycles. The zero-order valence-corrected chi connectivity index (χ0v) is 23.8. The van der Waals surface area contributed by atoms with Gasteiger partial charge in [-0.3, -0.25) is 4.57 Å². The van der Waals surface area contributed by atoms with E-state index in [2.05, 4.69) is 36.9 Å². The molecule has 0 spiro atoms. The minimum atomic E-state index is -1.91. The zero-order valence-electron chi connectivity index (χ0n) is 23.0. The summed E-state index contributed by atoms with van der Waals surface area (Å²) in [6, 6.07) is 16.7. The van der Waals surface area contributed by atoms with Crippen LogP contribution in [0, 0.1) is 0 Å². The molecule has 17 heteroatoms. The first-order valence-electron chi connectivity index (χ1n) is 13.6. The number of rotatable bonds is 11. The van der Waals surface area contributed by atoms with Crippen LogP contribution in [0.1, 0.15) is 17.4 Å². The van der Waals surface area contributed by atoms with Gasteiger partial charge in [0, 0.05) is 6.42 Å². The number of aromatic nitrogens is 4. The van der Waals surface area contributed by atoms with E-state index in [9.17, 15) is 20.1 Å². The van der Waals surface area contributed by atoms with Gasteiger partial charge < -0.3 is 35.3 Å².